The van der Waals surface area contributed by atoms with Crippen LogP contribution in [0.5, 0.6) is 0 Å². The first-order chi connectivity index (χ1) is 8.13. The minimum absolute atomic E-state index is 0.257. The number of hydrogen-bond donors (Lipinski definition) is 3. The van der Waals surface area contributed by atoms with E-state index in [1.807, 2.05) is 30.4 Å². The molecule has 0 saturated carbocycles. The molecule has 0 aromatic heterocycles. The van der Waals surface area contributed by atoms with Gasteiger partial charge in [0.25, 0.3) is 5.91 Å². The maximum Gasteiger partial charge on any atom is 0.256 e. The molecule has 0 saturated heterocycles. The number of carbonyl (C=O) groups is 2. The van der Waals surface area contributed by atoms with E-state index >= 15 is 0 Å². The molecule has 0 fully saturated rings. The molecule has 92 valence electrons. The summed E-state index contributed by atoms with van der Waals surface area (Å²) in [6.07, 6.45) is 11.1. The number of hydrogen-bond acceptors (Lipinski definition) is 3. The van der Waals surface area contributed by atoms with Crippen molar-refractivity contribution < 1.29 is 9.59 Å². The van der Waals surface area contributed by atoms with E-state index in [-0.39, 0.29) is 5.91 Å². The third-order valence-corrected chi connectivity index (χ3v) is 2.33. The minimum atomic E-state index is -0.639. The van der Waals surface area contributed by atoms with E-state index in [1.165, 1.54) is 6.92 Å². The van der Waals surface area contributed by atoms with Crippen molar-refractivity contribution in [3.05, 3.63) is 36.0 Å². The second-order valence-electron chi connectivity index (χ2n) is 3.77. The van der Waals surface area contributed by atoms with Gasteiger partial charge in [0.2, 0.25) is 5.91 Å². The molecule has 0 aliphatic heterocycles. The van der Waals surface area contributed by atoms with E-state index < -0.39 is 11.9 Å². The zero-order valence-electron chi connectivity index (χ0n) is 9.77. The molecule has 0 aromatic carbocycles. The van der Waals surface area contributed by atoms with Crippen LogP contribution in [0.25, 0.3) is 0 Å². The summed E-state index contributed by atoms with van der Waals surface area (Å²) < 4.78 is 0. The quantitative estimate of drug-likeness (QED) is 0.372. The van der Waals surface area contributed by atoms with Gasteiger partial charge < -0.3 is 5.32 Å². The van der Waals surface area contributed by atoms with Gasteiger partial charge in [-0.3, -0.25) is 15.0 Å². The number of amides is 2. The van der Waals surface area contributed by atoms with Crippen molar-refractivity contribution in [2.75, 3.05) is 0 Å². The van der Waals surface area contributed by atoms with Crippen LogP contribution in [-0.2, 0) is 9.59 Å². The number of carbonyl (C=O) groups excluding carboxylic acids is 2. The highest BCUT2D eigenvalue weighted by atomic mass is 16.2. The monoisotopic (exact) mass is 235 g/mol. The van der Waals surface area contributed by atoms with Gasteiger partial charge in [0.1, 0.15) is 6.04 Å². The zero-order valence-corrected chi connectivity index (χ0v) is 9.77. The molecule has 1 unspecified atom stereocenters. The summed E-state index contributed by atoms with van der Waals surface area (Å²) in [5.74, 6) is 4.42. The SMILES string of the molecule is CC(=O)NC(CC1=CC=CCC=C1)C(=O)NN. The second kappa shape index (κ2) is 6.65. The van der Waals surface area contributed by atoms with Crippen molar-refractivity contribution in [1.29, 1.82) is 0 Å². The minimum Gasteiger partial charge on any atom is -0.344 e. The zero-order chi connectivity index (χ0) is 12.7. The second-order valence-corrected chi connectivity index (χ2v) is 3.77. The Bertz CT molecular complexity index is 383. The number of hydrazine groups is 1. The molecule has 0 bridgehead atoms. The van der Waals surface area contributed by atoms with Crippen molar-refractivity contribution in [2.45, 2.75) is 25.8 Å². The molecule has 4 N–H and O–H groups in total. The fourth-order valence-electron chi connectivity index (χ4n) is 1.55. The fourth-order valence-corrected chi connectivity index (χ4v) is 1.55. The van der Waals surface area contributed by atoms with Gasteiger partial charge >= 0.3 is 0 Å². The van der Waals surface area contributed by atoms with Crippen molar-refractivity contribution in [1.82, 2.24) is 10.7 Å². The van der Waals surface area contributed by atoms with Crippen LogP contribution in [0.1, 0.15) is 19.8 Å². The Labute approximate surface area is 100 Å². The first-order valence-electron chi connectivity index (χ1n) is 5.43. The molecule has 0 radical (unpaired) electrons. The van der Waals surface area contributed by atoms with Gasteiger partial charge in [0.15, 0.2) is 0 Å². The Hall–Kier alpha value is -1.88. The van der Waals surface area contributed by atoms with Crippen LogP contribution in [0, 0.1) is 0 Å². The van der Waals surface area contributed by atoms with Crippen LogP contribution in [0.2, 0.25) is 0 Å². The summed E-state index contributed by atoms with van der Waals surface area (Å²) in [6.45, 7) is 1.37. The molecule has 1 rings (SSSR count). The number of rotatable bonds is 4. The molecule has 17 heavy (non-hydrogen) atoms. The number of allylic oxidation sites excluding steroid dienone is 5. The smallest absolute Gasteiger partial charge is 0.256 e. The van der Waals surface area contributed by atoms with E-state index in [4.69, 9.17) is 5.84 Å². The molecule has 1 atom stereocenters. The highest BCUT2D eigenvalue weighted by molar-refractivity contribution is 5.86. The summed E-state index contributed by atoms with van der Waals surface area (Å²) in [6, 6.07) is -0.639. The Morgan fingerprint density at radius 2 is 2.24 bits per heavy atom. The summed E-state index contributed by atoms with van der Waals surface area (Å²) >= 11 is 0. The summed E-state index contributed by atoms with van der Waals surface area (Å²) in [7, 11) is 0. The van der Waals surface area contributed by atoms with Gasteiger partial charge in [-0.15, -0.1) is 0 Å². The standard InChI is InChI=1S/C12H17N3O2/c1-9(16)14-11(12(17)15-13)8-10-6-4-2-3-5-7-10/h2,4-7,11H,3,8,13H2,1H3,(H,14,16)(H,15,17). The van der Waals surface area contributed by atoms with E-state index in [0.29, 0.717) is 6.42 Å². The topological polar surface area (TPSA) is 84.2 Å². The van der Waals surface area contributed by atoms with Crippen LogP contribution < -0.4 is 16.6 Å². The number of nitrogens with two attached hydrogens (primary N) is 1. The van der Waals surface area contributed by atoms with Gasteiger partial charge in [0.05, 0.1) is 0 Å². The maximum atomic E-state index is 11.5. The Morgan fingerprint density at radius 1 is 1.47 bits per heavy atom. The van der Waals surface area contributed by atoms with Crippen molar-refractivity contribution in [3.8, 4) is 0 Å². The molecule has 0 spiro atoms. The molecule has 1 aliphatic carbocycles. The molecular weight excluding hydrogens is 218 g/mol. The van der Waals surface area contributed by atoms with E-state index in [0.717, 1.165) is 12.0 Å². The lowest BCUT2D eigenvalue weighted by Crippen LogP contribution is -2.48. The lowest BCUT2D eigenvalue weighted by Gasteiger charge is -2.16. The maximum absolute atomic E-state index is 11.5. The molecule has 2 amide bonds. The van der Waals surface area contributed by atoms with Gasteiger partial charge in [0, 0.05) is 13.3 Å². The molecule has 1 aliphatic rings. The Balaban J connectivity index is 2.71. The normalized spacial score (nSPS) is 15.8. The largest absolute Gasteiger partial charge is 0.344 e. The predicted molar refractivity (Wildman–Crippen MR) is 65.5 cm³/mol. The fraction of sp³-hybridized carbons (Fsp3) is 0.333. The van der Waals surface area contributed by atoms with E-state index in [2.05, 4.69) is 10.7 Å². The molecular formula is C12H17N3O2. The van der Waals surface area contributed by atoms with E-state index in [1.54, 1.807) is 0 Å². The van der Waals surface area contributed by atoms with Crippen LogP contribution >= 0.6 is 0 Å². The Morgan fingerprint density at radius 3 is 2.88 bits per heavy atom. The molecule has 5 nitrogen and oxygen atoms in total. The van der Waals surface area contributed by atoms with Crippen LogP contribution in [0.3, 0.4) is 0 Å². The third kappa shape index (κ3) is 4.65. The highest BCUT2D eigenvalue weighted by Gasteiger charge is 2.19. The van der Waals surface area contributed by atoms with Crippen LogP contribution in [-0.4, -0.2) is 17.9 Å². The van der Waals surface area contributed by atoms with E-state index in [9.17, 15) is 9.59 Å². The lowest BCUT2D eigenvalue weighted by atomic mass is 10.0. The summed E-state index contributed by atoms with van der Waals surface area (Å²) in [5.41, 5.74) is 3.03. The van der Waals surface area contributed by atoms with Crippen molar-refractivity contribution in [3.63, 3.8) is 0 Å². The molecule has 0 aromatic rings. The highest BCUT2D eigenvalue weighted by Crippen LogP contribution is 2.11. The van der Waals surface area contributed by atoms with Crippen molar-refractivity contribution >= 4 is 11.8 Å². The molecule has 0 heterocycles. The summed E-state index contributed by atoms with van der Waals surface area (Å²) in [4.78, 5) is 22.5. The summed E-state index contributed by atoms with van der Waals surface area (Å²) in [5, 5.41) is 2.57. The van der Waals surface area contributed by atoms with Gasteiger partial charge in [-0.1, -0.05) is 30.4 Å². The Kier molecular flexibility index (Phi) is 5.16. The first kappa shape index (κ1) is 13.2. The van der Waals surface area contributed by atoms with Crippen LogP contribution in [0.15, 0.2) is 36.0 Å². The van der Waals surface area contributed by atoms with Gasteiger partial charge in [-0.25, -0.2) is 5.84 Å². The average Bonchev–Trinajstić information content (AvgIpc) is 2.55. The lowest BCUT2D eigenvalue weighted by molar-refractivity contribution is -0.128. The predicted octanol–water partition coefficient (Wildman–Crippen LogP) is 0.314. The van der Waals surface area contributed by atoms with Gasteiger partial charge in [-0.05, 0) is 12.0 Å². The number of nitrogens with one attached hydrogen (secondary N) is 2. The van der Waals surface area contributed by atoms with Crippen LogP contribution in [0.4, 0.5) is 0 Å². The first-order valence-corrected chi connectivity index (χ1v) is 5.43. The van der Waals surface area contributed by atoms with Crippen molar-refractivity contribution in [2.24, 2.45) is 5.84 Å². The average molecular weight is 235 g/mol. The van der Waals surface area contributed by atoms with Gasteiger partial charge in [-0.2, -0.15) is 0 Å². The molecule has 5 heteroatoms. The third-order valence-electron chi connectivity index (χ3n) is 2.33.